The minimum atomic E-state index is -0.483. The average Bonchev–Trinajstić information content (AvgIpc) is 2.46. The summed E-state index contributed by atoms with van der Waals surface area (Å²) in [6.07, 6.45) is 0. The van der Waals surface area contributed by atoms with Gasteiger partial charge in [-0.2, -0.15) is 0 Å². The van der Waals surface area contributed by atoms with Crippen molar-refractivity contribution in [3.63, 3.8) is 0 Å². The molecular formula is C16H17ClN2O2. The second-order valence-electron chi connectivity index (χ2n) is 4.73. The molecule has 4 nitrogen and oxygen atoms in total. The zero-order valence-corrected chi connectivity index (χ0v) is 12.7. The number of hydrogen-bond donors (Lipinski definition) is 2. The number of nitrogens with two attached hydrogens (primary N) is 1. The molecule has 0 aliphatic carbocycles. The van der Waals surface area contributed by atoms with E-state index in [2.05, 4.69) is 5.32 Å². The highest BCUT2D eigenvalue weighted by Crippen LogP contribution is 2.26. The van der Waals surface area contributed by atoms with E-state index in [1.165, 1.54) is 0 Å². The molecule has 2 aromatic rings. The van der Waals surface area contributed by atoms with Gasteiger partial charge in [-0.05, 0) is 31.2 Å². The highest BCUT2D eigenvalue weighted by molar-refractivity contribution is 6.33. The van der Waals surface area contributed by atoms with E-state index < -0.39 is 5.91 Å². The van der Waals surface area contributed by atoms with E-state index in [9.17, 15) is 4.79 Å². The number of hydrogen-bond acceptors (Lipinski definition) is 3. The Bertz CT molecular complexity index is 671. The molecule has 0 fully saturated rings. The molecule has 5 heteroatoms. The lowest BCUT2D eigenvalue weighted by Gasteiger charge is -2.13. The average molecular weight is 305 g/mol. The molecule has 2 rings (SSSR count). The van der Waals surface area contributed by atoms with Crippen LogP contribution >= 0.6 is 11.6 Å². The number of carbonyl (C=O) groups is 1. The van der Waals surface area contributed by atoms with Crippen molar-refractivity contribution in [2.75, 3.05) is 12.4 Å². The van der Waals surface area contributed by atoms with Crippen molar-refractivity contribution in [2.45, 2.75) is 13.5 Å². The van der Waals surface area contributed by atoms with Gasteiger partial charge in [-0.15, -0.1) is 0 Å². The van der Waals surface area contributed by atoms with Crippen LogP contribution in [-0.2, 0) is 6.54 Å². The number of carbonyl (C=O) groups excluding carboxylic acids is 1. The lowest BCUT2D eigenvalue weighted by Crippen LogP contribution is -2.11. The predicted molar refractivity (Wildman–Crippen MR) is 85.0 cm³/mol. The summed E-state index contributed by atoms with van der Waals surface area (Å²) in [5.74, 6) is 0.318. The number of anilines is 1. The fourth-order valence-electron chi connectivity index (χ4n) is 2.05. The van der Waals surface area contributed by atoms with Gasteiger partial charge in [-0.25, -0.2) is 0 Å². The predicted octanol–water partition coefficient (Wildman–Crippen LogP) is 3.37. The topological polar surface area (TPSA) is 64.3 Å². The van der Waals surface area contributed by atoms with E-state index >= 15 is 0 Å². The van der Waals surface area contributed by atoms with E-state index in [4.69, 9.17) is 22.1 Å². The molecule has 0 spiro atoms. The van der Waals surface area contributed by atoms with Crippen molar-refractivity contribution in [2.24, 2.45) is 5.73 Å². The minimum absolute atomic E-state index is 0.415. The van der Waals surface area contributed by atoms with Crippen molar-refractivity contribution in [3.8, 4) is 5.75 Å². The summed E-state index contributed by atoms with van der Waals surface area (Å²) >= 11 is 6.13. The minimum Gasteiger partial charge on any atom is -0.496 e. The van der Waals surface area contributed by atoms with Gasteiger partial charge < -0.3 is 15.8 Å². The second-order valence-corrected chi connectivity index (χ2v) is 5.13. The SMILES string of the molecule is COc1ccc(C)cc1CNc1cc(C(N)=O)ccc1Cl. The molecule has 110 valence electrons. The van der Waals surface area contributed by atoms with Gasteiger partial charge in [0.05, 0.1) is 17.8 Å². The number of rotatable bonds is 5. The smallest absolute Gasteiger partial charge is 0.248 e. The summed E-state index contributed by atoms with van der Waals surface area (Å²) in [5, 5.41) is 3.74. The van der Waals surface area contributed by atoms with Crippen LogP contribution in [0.1, 0.15) is 21.5 Å². The zero-order valence-electron chi connectivity index (χ0n) is 11.9. The lowest BCUT2D eigenvalue weighted by atomic mass is 10.1. The van der Waals surface area contributed by atoms with Crippen LogP contribution in [0.2, 0.25) is 5.02 Å². The van der Waals surface area contributed by atoms with Gasteiger partial charge >= 0.3 is 0 Å². The maximum atomic E-state index is 11.2. The highest BCUT2D eigenvalue weighted by Gasteiger charge is 2.08. The van der Waals surface area contributed by atoms with E-state index in [1.807, 2.05) is 25.1 Å². The Balaban J connectivity index is 2.22. The fraction of sp³-hybridized carbons (Fsp3) is 0.188. The third kappa shape index (κ3) is 3.67. The molecule has 0 unspecified atom stereocenters. The maximum Gasteiger partial charge on any atom is 0.248 e. The Morgan fingerprint density at radius 3 is 2.71 bits per heavy atom. The summed E-state index contributed by atoms with van der Waals surface area (Å²) in [6.45, 7) is 2.55. The first-order valence-corrected chi connectivity index (χ1v) is 6.86. The molecule has 0 aliphatic rings. The van der Waals surface area contributed by atoms with Crippen LogP contribution < -0.4 is 15.8 Å². The van der Waals surface area contributed by atoms with Crippen LogP contribution in [0.5, 0.6) is 5.75 Å². The number of ether oxygens (including phenoxy) is 1. The van der Waals surface area contributed by atoms with Crippen molar-refractivity contribution in [1.29, 1.82) is 0 Å². The van der Waals surface area contributed by atoms with Crippen LogP contribution in [-0.4, -0.2) is 13.0 Å². The standard InChI is InChI=1S/C16H17ClN2O2/c1-10-3-6-15(21-2)12(7-10)9-19-14-8-11(16(18)20)4-5-13(14)17/h3-8,19H,9H2,1-2H3,(H2,18,20). The van der Waals surface area contributed by atoms with Crippen LogP contribution in [0, 0.1) is 6.92 Å². The number of primary amides is 1. The Kier molecular flexibility index (Phi) is 4.70. The van der Waals surface area contributed by atoms with Crippen molar-refractivity contribution in [1.82, 2.24) is 0 Å². The number of nitrogens with one attached hydrogen (secondary N) is 1. The third-order valence-electron chi connectivity index (χ3n) is 3.16. The Hall–Kier alpha value is -2.20. The zero-order chi connectivity index (χ0) is 15.4. The number of methoxy groups -OCH3 is 1. The first-order valence-electron chi connectivity index (χ1n) is 6.48. The maximum absolute atomic E-state index is 11.2. The molecular weight excluding hydrogens is 288 g/mol. The van der Waals surface area contributed by atoms with E-state index in [-0.39, 0.29) is 0 Å². The third-order valence-corrected chi connectivity index (χ3v) is 3.49. The van der Waals surface area contributed by atoms with Crippen LogP contribution in [0.25, 0.3) is 0 Å². The van der Waals surface area contributed by atoms with E-state index in [0.29, 0.717) is 22.8 Å². The van der Waals surface area contributed by atoms with Gasteiger partial charge in [-0.3, -0.25) is 4.79 Å². The fourth-order valence-corrected chi connectivity index (χ4v) is 2.23. The molecule has 0 saturated heterocycles. The number of benzene rings is 2. The molecule has 3 N–H and O–H groups in total. The molecule has 1 amide bonds. The van der Waals surface area contributed by atoms with Crippen LogP contribution in [0.4, 0.5) is 5.69 Å². The normalized spacial score (nSPS) is 10.2. The number of amides is 1. The first kappa shape index (κ1) is 15.2. The Morgan fingerprint density at radius 2 is 2.05 bits per heavy atom. The first-order chi connectivity index (χ1) is 10.0. The summed E-state index contributed by atoms with van der Waals surface area (Å²) in [7, 11) is 1.63. The molecule has 0 aliphatic heterocycles. The van der Waals surface area contributed by atoms with Gasteiger partial charge in [0, 0.05) is 17.7 Å². The monoisotopic (exact) mass is 304 g/mol. The van der Waals surface area contributed by atoms with Crippen molar-refractivity contribution < 1.29 is 9.53 Å². The Morgan fingerprint density at radius 1 is 1.29 bits per heavy atom. The quantitative estimate of drug-likeness (QED) is 0.890. The van der Waals surface area contributed by atoms with Crippen molar-refractivity contribution >= 4 is 23.2 Å². The van der Waals surface area contributed by atoms with Crippen LogP contribution in [0.15, 0.2) is 36.4 Å². The molecule has 0 bridgehead atoms. The van der Waals surface area contributed by atoms with Gasteiger partial charge in [0.25, 0.3) is 0 Å². The van der Waals surface area contributed by atoms with Gasteiger partial charge in [0.15, 0.2) is 0 Å². The van der Waals surface area contributed by atoms with Crippen molar-refractivity contribution in [3.05, 3.63) is 58.1 Å². The van der Waals surface area contributed by atoms with E-state index in [1.54, 1.807) is 25.3 Å². The molecule has 0 heterocycles. The molecule has 21 heavy (non-hydrogen) atoms. The number of aryl methyl sites for hydroxylation is 1. The van der Waals surface area contributed by atoms with Crippen LogP contribution in [0.3, 0.4) is 0 Å². The summed E-state index contributed by atoms with van der Waals surface area (Å²) < 4.78 is 5.33. The van der Waals surface area contributed by atoms with E-state index in [0.717, 1.165) is 16.9 Å². The molecule has 0 saturated carbocycles. The molecule has 0 aromatic heterocycles. The summed E-state index contributed by atoms with van der Waals surface area (Å²) in [6, 6.07) is 10.8. The Labute approximate surface area is 128 Å². The number of halogens is 1. The summed E-state index contributed by atoms with van der Waals surface area (Å²) in [5.41, 5.74) is 8.51. The molecule has 0 radical (unpaired) electrons. The molecule has 0 atom stereocenters. The van der Waals surface area contributed by atoms with Gasteiger partial charge in [0.1, 0.15) is 5.75 Å². The highest BCUT2D eigenvalue weighted by atomic mass is 35.5. The lowest BCUT2D eigenvalue weighted by molar-refractivity contribution is 0.100. The van der Waals surface area contributed by atoms with Gasteiger partial charge in [0.2, 0.25) is 5.91 Å². The van der Waals surface area contributed by atoms with Gasteiger partial charge in [-0.1, -0.05) is 29.3 Å². The second kappa shape index (κ2) is 6.50. The largest absolute Gasteiger partial charge is 0.496 e. The summed E-state index contributed by atoms with van der Waals surface area (Å²) in [4.78, 5) is 11.2. The molecule has 2 aromatic carbocycles.